The Balaban J connectivity index is 1.69. The number of hydrogen-bond acceptors (Lipinski definition) is 3. The second-order valence-corrected chi connectivity index (χ2v) is 7.60. The van der Waals surface area contributed by atoms with Crippen LogP contribution >= 0.6 is 0 Å². The Morgan fingerprint density at radius 3 is 2.52 bits per heavy atom. The van der Waals surface area contributed by atoms with E-state index in [-0.39, 0.29) is 11.9 Å². The third-order valence-corrected chi connectivity index (χ3v) is 5.93. The molecule has 3 nitrogen and oxygen atoms in total. The average molecular weight is 338 g/mol. The van der Waals surface area contributed by atoms with Gasteiger partial charge in [0.05, 0.1) is 0 Å². The third-order valence-electron chi connectivity index (χ3n) is 5.93. The zero-order chi connectivity index (χ0) is 17.4. The average Bonchev–Trinajstić information content (AvgIpc) is 3.04. The van der Waals surface area contributed by atoms with Gasteiger partial charge >= 0.3 is 0 Å². The molecule has 1 aliphatic heterocycles. The molecule has 4 atom stereocenters. The second-order valence-electron chi connectivity index (χ2n) is 7.60. The zero-order valence-electron chi connectivity index (χ0n) is 14.7. The first-order chi connectivity index (χ1) is 12.2. The molecule has 2 aliphatic rings. The number of ether oxygens (including phenoxy) is 1. The van der Waals surface area contributed by atoms with Crippen molar-refractivity contribution in [2.24, 2.45) is 11.8 Å². The summed E-state index contributed by atoms with van der Waals surface area (Å²) < 4.78 is 6.39. The SMILES string of the molecule is CCCC[C@@H]1C[C@H]2[C@@H](C1)c1cc(O)ccc1O[C@H]2c1ccc(O)cc1. The quantitative estimate of drug-likeness (QED) is 0.770. The monoisotopic (exact) mass is 338 g/mol. The summed E-state index contributed by atoms with van der Waals surface area (Å²) in [4.78, 5) is 0. The fourth-order valence-electron chi connectivity index (χ4n) is 4.74. The van der Waals surface area contributed by atoms with Gasteiger partial charge in [-0.2, -0.15) is 0 Å². The Labute approximate surface area is 149 Å². The van der Waals surface area contributed by atoms with Crippen LogP contribution in [-0.4, -0.2) is 10.2 Å². The number of benzene rings is 2. The number of unbranched alkanes of at least 4 members (excludes halogenated alkanes) is 1. The second kappa shape index (κ2) is 6.62. The molecular formula is C22H26O3. The number of phenols is 2. The van der Waals surface area contributed by atoms with Gasteiger partial charge in [0.1, 0.15) is 23.4 Å². The van der Waals surface area contributed by atoms with E-state index in [0.29, 0.717) is 17.6 Å². The van der Waals surface area contributed by atoms with E-state index in [2.05, 4.69) is 6.92 Å². The maximum atomic E-state index is 9.95. The largest absolute Gasteiger partial charge is 0.508 e. The van der Waals surface area contributed by atoms with E-state index in [1.807, 2.05) is 24.3 Å². The van der Waals surface area contributed by atoms with Gasteiger partial charge in [-0.25, -0.2) is 0 Å². The van der Waals surface area contributed by atoms with Gasteiger partial charge in [0.15, 0.2) is 0 Å². The van der Waals surface area contributed by atoms with Crippen LogP contribution in [0.2, 0.25) is 0 Å². The van der Waals surface area contributed by atoms with Crippen LogP contribution < -0.4 is 4.74 Å². The molecule has 2 aromatic rings. The Bertz CT molecular complexity index is 737. The summed E-state index contributed by atoms with van der Waals surface area (Å²) in [5.41, 5.74) is 2.29. The van der Waals surface area contributed by atoms with Crippen molar-refractivity contribution in [3.63, 3.8) is 0 Å². The minimum atomic E-state index is 0.0225. The third kappa shape index (κ3) is 3.08. The van der Waals surface area contributed by atoms with Crippen LogP contribution in [-0.2, 0) is 0 Å². The first-order valence-electron chi connectivity index (χ1n) is 9.44. The summed E-state index contributed by atoms with van der Waals surface area (Å²) in [6.07, 6.45) is 6.17. The standard InChI is InChI=1S/C22H26O3/c1-2-3-4-14-11-18-19-13-17(24)9-10-21(19)25-22(20(18)12-14)15-5-7-16(23)8-6-15/h5-10,13-14,18,20,22-24H,2-4,11-12H2,1H3/t14-,18-,20-,22-/m0/s1. The van der Waals surface area contributed by atoms with Crippen molar-refractivity contribution in [2.45, 2.75) is 51.0 Å². The maximum Gasteiger partial charge on any atom is 0.127 e. The van der Waals surface area contributed by atoms with E-state index in [0.717, 1.165) is 17.2 Å². The maximum absolute atomic E-state index is 9.95. The molecule has 0 aromatic heterocycles. The van der Waals surface area contributed by atoms with Gasteiger partial charge in [-0.05, 0) is 60.6 Å². The lowest BCUT2D eigenvalue weighted by Crippen LogP contribution is -2.26. The van der Waals surface area contributed by atoms with Gasteiger partial charge < -0.3 is 14.9 Å². The van der Waals surface area contributed by atoms with Crippen LogP contribution in [0.3, 0.4) is 0 Å². The van der Waals surface area contributed by atoms with E-state index in [1.165, 1.54) is 37.7 Å². The molecule has 2 N–H and O–H groups in total. The first kappa shape index (κ1) is 16.3. The van der Waals surface area contributed by atoms with E-state index >= 15 is 0 Å². The van der Waals surface area contributed by atoms with E-state index in [9.17, 15) is 10.2 Å². The van der Waals surface area contributed by atoms with Crippen LogP contribution in [0.15, 0.2) is 42.5 Å². The van der Waals surface area contributed by atoms with Crippen LogP contribution in [0.4, 0.5) is 0 Å². The molecule has 1 heterocycles. The number of hydrogen-bond donors (Lipinski definition) is 2. The summed E-state index contributed by atoms with van der Waals surface area (Å²) in [5.74, 6) is 3.10. The van der Waals surface area contributed by atoms with Crippen LogP contribution in [0, 0.1) is 11.8 Å². The van der Waals surface area contributed by atoms with Crippen molar-refractivity contribution < 1.29 is 14.9 Å². The number of rotatable bonds is 4. The molecular weight excluding hydrogens is 312 g/mol. The van der Waals surface area contributed by atoms with Gasteiger partial charge in [0, 0.05) is 11.5 Å². The molecule has 1 saturated carbocycles. The highest BCUT2D eigenvalue weighted by Crippen LogP contribution is 2.56. The number of aromatic hydroxyl groups is 2. The Kier molecular flexibility index (Phi) is 4.32. The molecule has 132 valence electrons. The first-order valence-corrected chi connectivity index (χ1v) is 9.44. The molecule has 0 bridgehead atoms. The molecule has 1 fully saturated rings. The van der Waals surface area contributed by atoms with Gasteiger partial charge in [-0.3, -0.25) is 0 Å². The van der Waals surface area contributed by atoms with Gasteiger partial charge in [-0.15, -0.1) is 0 Å². The van der Waals surface area contributed by atoms with Crippen molar-refractivity contribution in [1.82, 2.24) is 0 Å². The molecule has 0 spiro atoms. The minimum Gasteiger partial charge on any atom is -0.508 e. The summed E-state index contributed by atoms with van der Waals surface area (Å²) in [5, 5.41) is 19.5. The smallest absolute Gasteiger partial charge is 0.127 e. The fraction of sp³-hybridized carbons (Fsp3) is 0.455. The van der Waals surface area contributed by atoms with Crippen molar-refractivity contribution in [3.8, 4) is 17.2 Å². The molecule has 0 radical (unpaired) electrons. The lowest BCUT2D eigenvalue weighted by Gasteiger charge is -2.36. The zero-order valence-corrected chi connectivity index (χ0v) is 14.7. The molecule has 3 heteroatoms. The highest BCUT2D eigenvalue weighted by molar-refractivity contribution is 5.46. The predicted molar refractivity (Wildman–Crippen MR) is 98.1 cm³/mol. The summed E-state index contributed by atoms with van der Waals surface area (Å²) >= 11 is 0. The molecule has 1 aliphatic carbocycles. The Hall–Kier alpha value is -2.16. The molecule has 0 unspecified atom stereocenters. The van der Waals surface area contributed by atoms with Crippen LogP contribution in [0.1, 0.15) is 62.2 Å². The fourth-order valence-corrected chi connectivity index (χ4v) is 4.74. The minimum absolute atomic E-state index is 0.0225. The molecule has 2 aromatic carbocycles. The summed E-state index contributed by atoms with van der Waals surface area (Å²) in [6.45, 7) is 2.25. The topological polar surface area (TPSA) is 49.7 Å². The number of fused-ring (bicyclic) bond motifs is 3. The van der Waals surface area contributed by atoms with E-state index in [4.69, 9.17) is 4.74 Å². The van der Waals surface area contributed by atoms with E-state index < -0.39 is 0 Å². The van der Waals surface area contributed by atoms with Gasteiger partial charge in [0.25, 0.3) is 0 Å². The molecule has 0 amide bonds. The van der Waals surface area contributed by atoms with Crippen molar-refractivity contribution in [2.75, 3.05) is 0 Å². The van der Waals surface area contributed by atoms with Crippen molar-refractivity contribution in [1.29, 1.82) is 0 Å². The molecule has 0 saturated heterocycles. The van der Waals surface area contributed by atoms with Gasteiger partial charge in [-0.1, -0.05) is 38.3 Å². The lowest BCUT2D eigenvalue weighted by atomic mass is 9.80. The number of phenolic OH excluding ortho intramolecular Hbond substituents is 2. The Morgan fingerprint density at radius 1 is 1.00 bits per heavy atom. The highest BCUT2D eigenvalue weighted by atomic mass is 16.5. The molecule has 25 heavy (non-hydrogen) atoms. The summed E-state index contributed by atoms with van der Waals surface area (Å²) in [6, 6.07) is 12.9. The lowest BCUT2D eigenvalue weighted by molar-refractivity contribution is 0.102. The van der Waals surface area contributed by atoms with Crippen molar-refractivity contribution >= 4 is 0 Å². The molecule has 4 rings (SSSR count). The normalized spacial score (nSPS) is 27.4. The van der Waals surface area contributed by atoms with Crippen LogP contribution in [0.5, 0.6) is 17.2 Å². The van der Waals surface area contributed by atoms with Gasteiger partial charge in [0.2, 0.25) is 0 Å². The summed E-state index contributed by atoms with van der Waals surface area (Å²) in [7, 11) is 0. The van der Waals surface area contributed by atoms with Crippen LogP contribution in [0.25, 0.3) is 0 Å². The van der Waals surface area contributed by atoms with Crippen molar-refractivity contribution in [3.05, 3.63) is 53.6 Å². The Morgan fingerprint density at radius 2 is 1.76 bits per heavy atom. The highest BCUT2D eigenvalue weighted by Gasteiger charge is 2.45. The predicted octanol–water partition coefficient (Wildman–Crippen LogP) is 5.53. The van der Waals surface area contributed by atoms with E-state index in [1.54, 1.807) is 18.2 Å².